The summed E-state index contributed by atoms with van der Waals surface area (Å²) in [4.78, 5) is 22.0. The lowest BCUT2D eigenvalue weighted by molar-refractivity contribution is -0.298. The van der Waals surface area contributed by atoms with Crippen molar-refractivity contribution in [3.8, 4) is 0 Å². The average Bonchev–Trinajstić information content (AvgIpc) is 2.56. The van der Waals surface area contributed by atoms with Crippen molar-refractivity contribution in [2.45, 2.75) is 83.7 Å². The van der Waals surface area contributed by atoms with Crippen molar-refractivity contribution in [3.63, 3.8) is 0 Å². The molecule has 0 aromatic carbocycles. The van der Waals surface area contributed by atoms with Crippen LogP contribution >= 0.6 is 0 Å². The molecule has 0 aliphatic carbocycles. The van der Waals surface area contributed by atoms with Gasteiger partial charge in [-0.2, -0.15) is 4.89 Å². The summed E-state index contributed by atoms with van der Waals surface area (Å²) in [7, 11) is 0. The van der Waals surface area contributed by atoms with Crippen molar-refractivity contribution in [1.29, 1.82) is 0 Å². The molecular weight excluding hydrogens is 288 g/mol. The van der Waals surface area contributed by atoms with E-state index in [1.165, 1.54) is 19.3 Å². The molecule has 0 aromatic heterocycles. The van der Waals surface area contributed by atoms with E-state index in [-0.39, 0.29) is 12.1 Å². The standard InChI is InChI=1S/C20H32O3/c1-2-3-4-5-10-13-16-19-17-14-11-8-6-7-9-12-15-18-20(21)23-22-19/h7-11,13,19H,2-6,12,14-18H2,1H3. The van der Waals surface area contributed by atoms with E-state index in [2.05, 4.69) is 43.4 Å². The number of carbonyl (C=O) groups excluding carboxylic acids is 1. The first-order chi connectivity index (χ1) is 11.3. The lowest BCUT2D eigenvalue weighted by atomic mass is 10.1. The predicted octanol–water partition coefficient (Wildman–Crippen LogP) is 5.82. The molecule has 130 valence electrons. The van der Waals surface area contributed by atoms with E-state index in [1.54, 1.807) is 0 Å². The second-order valence-corrected chi connectivity index (χ2v) is 6.02. The minimum Gasteiger partial charge on any atom is -0.298 e. The minimum atomic E-state index is -0.261. The molecule has 1 aliphatic rings. The Kier molecular flexibility index (Phi) is 12.2. The van der Waals surface area contributed by atoms with Crippen molar-refractivity contribution in [2.24, 2.45) is 0 Å². The fraction of sp³-hybridized carbons (Fsp3) is 0.650. The van der Waals surface area contributed by atoms with Gasteiger partial charge in [0.15, 0.2) is 0 Å². The van der Waals surface area contributed by atoms with Crippen molar-refractivity contribution in [3.05, 3.63) is 36.5 Å². The van der Waals surface area contributed by atoms with Crippen molar-refractivity contribution in [1.82, 2.24) is 0 Å². The van der Waals surface area contributed by atoms with E-state index in [4.69, 9.17) is 9.78 Å². The molecule has 0 N–H and O–H groups in total. The number of carbonyl (C=O) groups is 1. The molecule has 0 radical (unpaired) electrons. The third-order valence-electron chi connectivity index (χ3n) is 3.83. The highest BCUT2D eigenvalue weighted by Gasteiger charge is 2.11. The van der Waals surface area contributed by atoms with E-state index in [9.17, 15) is 4.79 Å². The van der Waals surface area contributed by atoms with Crippen molar-refractivity contribution in [2.75, 3.05) is 0 Å². The Balaban J connectivity index is 2.39. The van der Waals surface area contributed by atoms with Gasteiger partial charge in [0.1, 0.15) is 6.10 Å². The SMILES string of the molecule is CCCCCC=CCC1CCC=CCC=CCCCC(=O)OO1. The normalized spacial score (nSPS) is 21.3. The van der Waals surface area contributed by atoms with Crippen LogP contribution in [0.15, 0.2) is 36.5 Å². The molecule has 0 spiro atoms. The molecule has 1 heterocycles. The average molecular weight is 320 g/mol. The third-order valence-corrected chi connectivity index (χ3v) is 3.83. The number of hydrogen-bond acceptors (Lipinski definition) is 3. The zero-order chi connectivity index (χ0) is 16.6. The van der Waals surface area contributed by atoms with Crippen LogP contribution in [0.25, 0.3) is 0 Å². The van der Waals surface area contributed by atoms with Crippen LogP contribution < -0.4 is 0 Å². The lowest BCUT2D eigenvalue weighted by Gasteiger charge is -2.13. The van der Waals surface area contributed by atoms with Crippen LogP contribution in [0, 0.1) is 0 Å². The van der Waals surface area contributed by atoms with E-state index in [0.29, 0.717) is 6.42 Å². The van der Waals surface area contributed by atoms with Crippen LogP contribution in [0.1, 0.15) is 77.6 Å². The molecule has 1 atom stereocenters. The molecule has 0 bridgehead atoms. The largest absolute Gasteiger partial charge is 0.342 e. The maximum Gasteiger partial charge on any atom is 0.342 e. The summed E-state index contributed by atoms with van der Waals surface area (Å²) in [6.45, 7) is 2.21. The minimum absolute atomic E-state index is 0.0514. The summed E-state index contributed by atoms with van der Waals surface area (Å²) >= 11 is 0. The molecule has 0 saturated carbocycles. The van der Waals surface area contributed by atoms with E-state index >= 15 is 0 Å². The van der Waals surface area contributed by atoms with E-state index in [1.807, 2.05) is 0 Å². The molecule has 1 rings (SSSR count). The van der Waals surface area contributed by atoms with Gasteiger partial charge in [0.2, 0.25) is 0 Å². The van der Waals surface area contributed by atoms with Gasteiger partial charge in [-0.25, -0.2) is 4.79 Å². The van der Waals surface area contributed by atoms with E-state index in [0.717, 1.165) is 44.9 Å². The molecule has 0 saturated heterocycles. The van der Waals surface area contributed by atoms with Crippen molar-refractivity contribution >= 4 is 5.97 Å². The maximum atomic E-state index is 11.6. The predicted molar refractivity (Wildman–Crippen MR) is 94.8 cm³/mol. The van der Waals surface area contributed by atoms with Gasteiger partial charge in [-0.15, -0.1) is 0 Å². The van der Waals surface area contributed by atoms with Crippen LogP contribution in [-0.2, 0) is 14.6 Å². The second kappa shape index (κ2) is 14.3. The van der Waals surface area contributed by atoms with Crippen LogP contribution in [0.4, 0.5) is 0 Å². The quantitative estimate of drug-likeness (QED) is 0.351. The summed E-state index contributed by atoms with van der Waals surface area (Å²) in [5.74, 6) is -0.261. The Morgan fingerprint density at radius 1 is 1.13 bits per heavy atom. The summed E-state index contributed by atoms with van der Waals surface area (Å²) in [5.41, 5.74) is 0. The number of unbranched alkanes of at least 4 members (excludes halogenated alkanes) is 3. The van der Waals surface area contributed by atoms with Gasteiger partial charge >= 0.3 is 5.97 Å². The Hall–Kier alpha value is -1.35. The summed E-state index contributed by atoms with van der Waals surface area (Å²) in [6.07, 6.45) is 23.6. The number of allylic oxidation sites excluding steroid dienone is 5. The first-order valence-electron chi connectivity index (χ1n) is 9.14. The molecule has 0 fully saturated rings. The Labute approximate surface area is 141 Å². The van der Waals surface area contributed by atoms with Gasteiger partial charge in [-0.1, -0.05) is 56.2 Å². The smallest absolute Gasteiger partial charge is 0.298 e. The molecule has 3 heteroatoms. The van der Waals surface area contributed by atoms with Gasteiger partial charge in [0.25, 0.3) is 0 Å². The number of rotatable bonds is 6. The highest BCUT2D eigenvalue weighted by molar-refractivity contribution is 5.68. The zero-order valence-corrected chi connectivity index (χ0v) is 14.5. The van der Waals surface area contributed by atoms with Crippen LogP contribution in [0.5, 0.6) is 0 Å². The Bertz CT molecular complexity index is 382. The van der Waals surface area contributed by atoms with Gasteiger partial charge in [-0.05, 0) is 51.4 Å². The molecule has 3 nitrogen and oxygen atoms in total. The molecular formula is C20H32O3. The number of hydrogen-bond donors (Lipinski definition) is 0. The highest BCUT2D eigenvalue weighted by atomic mass is 17.2. The van der Waals surface area contributed by atoms with Crippen LogP contribution in [-0.4, -0.2) is 12.1 Å². The zero-order valence-electron chi connectivity index (χ0n) is 14.5. The van der Waals surface area contributed by atoms with Gasteiger partial charge in [-0.3, -0.25) is 4.89 Å². The Morgan fingerprint density at radius 2 is 1.96 bits per heavy atom. The summed E-state index contributed by atoms with van der Waals surface area (Å²) < 4.78 is 0. The Morgan fingerprint density at radius 3 is 2.78 bits per heavy atom. The molecule has 1 unspecified atom stereocenters. The van der Waals surface area contributed by atoms with Crippen molar-refractivity contribution < 1.29 is 14.6 Å². The summed E-state index contributed by atoms with van der Waals surface area (Å²) in [5, 5.41) is 0. The second-order valence-electron chi connectivity index (χ2n) is 6.02. The molecule has 1 aliphatic heterocycles. The first-order valence-corrected chi connectivity index (χ1v) is 9.14. The summed E-state index contributed by atoms with van der Waals surface area (Å²) in [6, 6.07) is 0. The molecule has 23 heavy (non-hydrogen) atoms. The van der Waals surface area contributed by atoms with Crippen LogP contribution in [0.2, 0.25) is 0 Å². The first kappa shape index (κ1) is 19.7. The van der Waals surface area contributed by atoms with E-state index < -0.39 is 0 Å². The topological polar surface area (TPSA) is 35.5 Å². The lowest BCUT2D eigenvalue weighted by Crippen LogP contribution is -2.16. The molecule has 0 aromatic rings. The fourth-order valence-corrected chi connectivity index (χ4v) is 2.40. The molecule has 0 amide bonds. The van der Waals surface area contributed by atoms with Gasteiger partial charge < -0.3 is 0 Å². The fourth-order valence-electron chi connectivity index (χ4n) is 2.40. The third kappa shape index (κ3) is 11.8. The maximum absolute atomic E-state index is 11.6. The monoisotopic (exact) mass is 320 g/mol. The van der Waals surface area contributed by atoms with Gasteiger partial charge in [0, 0.05) is 6.42 Å². The van der Waals surface area contributed by atoms with Gasteiger partial charge in [0.05, 0.1) is 0 Å². The highest BCUT2D eigenvalue weighted by Crippen LogP contribution is 2.12. The van der Waals surface area contributed by atoms with Crippen LogP contribution in [0.3, 0.4) is 0 Å².